The summed E-state index contributed by atoms with van der Waals surface area (Å²) < 4.78 is 5.51. The number of carbonyl (C=O) groups excluding carboxylic acids is 3. The lowest BCUT2D eigenvalue weighted by Crippen LogP contribution is -2.53. The molecule has 2 heterocycles. The van der Waals surface area contributed by atoms with Gasteiger partial charge in [-0.05, 0) is 54.7 Å². The number of benzene rings is 2. The van der Waals surface area contributed by atoms with Gasteiger partial charge in [-0.1, -0.05) is 56.6 Å². The Bertz CT molecular complexity index is 1260. The van der Waals surface area contributed by atoms with Crippen molar-refractivity contribution in [2.24, 2.45) is 0 Å². The zero-order valence-electron chi connectivity index (χ0n) is 24.0. The van der Waals surface area contributed by atoms with Gasteiger partial charge in [0, 0.05) is 55.6 Å². The first-order valence-electron chi connectivity index (χ1n) is 13.9. The van der Waals surface area contributed by atoms with E-state index >= 15 is 0 Å². The number of nitrogens with zero attached hydrogens (tertiary/aromatic N) is 3. The largest absolute Gasteiger partial charge is 0.463 e. The zero-order chi connectivity index (χ0) is 29.0. The Morgan fingerprint density at radius 2 is 1.60 bits per heavy atom. The van der Waals surface area contributed by atoms with E-state index in [1.807, 2.05) is 36.1 Å². The van der Waals surface area contributed by atoms with Gasteiger partial charge in [0.05, 0.1) is 18.2 Å². The van der Waals surface area contributed by atoms with Crippen molar-refractivity contribution >= 4 is 29.5 Å². The third-order valence-corrected chi connectivity index (χ3v) is 7.74. The lowest BCUT2D eigenvalue weighted by atomic mass is 9.85. The molecule has 1 N–H and O–H groups in total. The Morgan fingerprint density at radius 3 is 2.15 bits per heavy atom. The van der Waals surface area contributed by atoms with E-state index in [4.69, 9.17) is 16.3 Å². The normalized spacial score (nSPS) is 18.6. The smallest absolute Gasteiger partial charge is 0.338 e. The minimum atomic E-state index is -0.619. The van der Waals surface area contributed by atoms with Gasteiger partial charge in [-0.25, -0.2) is 9.59 Å². The molecule has 2 aliphatic rings. The molecule has 8 nitrogen and oxygen atoms in total. The van der Waals surface area contributed by atoms with Gasteiger partial charge in [0.1, 0.15) is 0 Å². The molecule has 0 spiro atoms. The molecule has 3 amide bonds. The number of likely N-dealkylation sites (N-methyl/N-ethyl adjacent to an activating group) is 1. The molecule has 1 saturated heterocycles. The number of piperazine rings is 1. The van der Waals surface area contributed by atoms with Crippen molar-refractivity contribution in [2.45, 2.75) is 46.1 Å². The second kappa shape index (κ2) is 12.4. The molecule has 0 saturated carbocycles. The van der Waals surface area contributed by atoms with Crippen LogP contribution in [0.1, 0.15) is 62.1 Å². The number of esters is 1. The highest BCUT2D eigenvalue weighted by Gasteiger charge is 2.38. The molecule has 2 aromatic rings. The van der Waals surface area contributed by atoms with Crippen LogP contribution in [0.15, 0.2) is 59.8 Å². The molecule has 40 heavy (non-hydrogen) atoms. The fourth-order valence-electron chi connectivity index (χ4n) is 5.18. The molecule has 2 aliphatic heterocycles. The summed E-state index contributed by atoms with van der Waals surface area (Å²) in [6.07, 6.45) is 0. The van der Waals surface area contributed by atoms with E-state index in [-0.39, 0.29) is 24.0 Å². The molecular formula is C31H39ClN4O4. The lowest BCUT2D eigenvalue weighted by molar-refractivity contribution is -0.139. The molecule has 2 aromatic carbocycles. The molecule has 0 bridgehead atoms. The molecule has 0 aromatic heterocycles. The molecule has 9 heteroatoms. The fourth-order valence-corrected chi connectivity index (χ4v) is 5.31. The van der Waals surface area contributed by atoms with Gasteiger partial charge in [0.2, 0.25) is 0 Å². The van der Waals surface area contributed by atoms with E-state index in [0.717, 1.165) is 5.56 Å². The fraction of sp³-hybridized carbons (Fsp3) is 0.452. The summed E-state index contributed by atoms with van der Waals surface area (Å²) in [6, 6.07) is 14.1. The predicted octanol–water partition coefficient (Wildman–Crippen LogP) is 5.00. The summed E-state index contributed by atoms with van der Waals surface area (Å²) >= 11 is 5.97. The highest BCUT2D eigenvalue weighted by atomic mass is 35.5. The molecule has 1 fully saturated rings. The number of nitrogens with one attached hydrogen (secondary N) is 1. The van der Waals surface area contributed by atoms with E-state index in [1.54, 1.807) is 36.1 Å². The van der Waals surface area contributed by atoms with Crippen molar-refractivity contribution in [2.75, 3.05) is 45.9 Å². The standard InChI is InChI=1S/C31H39ClN4O4/c1-6-36-25(20-34-16-18-35(19-17-34)28(37)22-10-14-24(32)15-11-22)26(29(38)40-7-2)27(33-30(36)39)21-8-12-23(13-9-21)31(3,4)5/h8-15,27H,6-7,16-20H2,1-5H3,(H,33,39). The van der Waals surface area contributed by atoms with Crippen LogP contribution in [-0.2, 0) is 14.9 Å². The van der Waals surface area contributed by atoms with Crippen LogP contribution in [-0.4, -0.2) is 78.5 Å². The highest BCUT2D eigenvalue weighted by Crippen LogP contribution is 2.33. The van der Waals surface area contributed by atoms with E-state index in [9.17, 15) is 14.4 Å². The molecule has 214 valence electrons. The number of urea groups is 1. The first-order chi connectivity index (χ1) is 19.0. The molecule has 0 aliphatic carbocycles. The van der Waals surface area contributed by atoms with Crippen LogP contribution in [0.3, 0.4) is 0 Å². The van der Waals surface area contributed by atoms with Gasteiger partial charge >= 0.3 is 12.0 Å². The first kappa shape index (κ1) is 29.6. The second-order valence-electron chi connectivity index (χ2n) is 11.2. The molecular weight excluding hydrogens is 528 g/mol. The zero-order valence-corrected chi connectivity index (χ0v) is 24.8. The maximum Gasteiger partial charge on any atom is 0.338 e. The van der Waals surface area contributed by atoms with Gasteiger partial charge < -0.3 is 15.0 Å². The van der Waals surface area contributed by atoms with Crippen molar-refractivity contribution in [1.29, 1.82) is 0 Å². The third kappa shape index (κ3) is 6.50. The third-order valence-electron chi connectivity index (χ3n) is 7.48. The molecule has 1 atom stereocenters. The van der Waals surface area contributed by atoms with E-state index < -0.39 is 12.0 Å². The predicted molar refractivity (Wildman–Crippen MR) is 156 cm³/mol. The minimum Gasteiger partial charge on any atom is -0.463 e. The maximum absolute atomic E-state index is 13.4. The number of halogens is 1. The average Bonchev–Trinajstić information content (AvgIpc) is 2.93. The second-order valence-corrected chi connectivity index (χ2v) is 11.6. The van der Waals surface area contributed by atoms with Crippen molar-refractivity contribution in [1.82, 2.24) is 20.0 Å². The van der Waals surface area contributed by atoms with E-state index in [0.29, 0.717) is 61.1 Å². The minimum absolute atomic E-state index is 0.0184. The summed E-state index contributed by atoms with van der Waals surface area (Å²) in [7, 11) is 0. The van der Waals surface area contributed by atoms with Crippen molar-refractivity contribution in [3.8, 4) is 0 Å². The molecule has 4 rings (SSSR count). The number of hydrogen-bond donors (Lipinski definition) is 1. The van der Waals surface area contributed by atoms with Crippen molar-refractivity contribution < 1.29 is 19.1 Å². The summed E-state index contributed by atoms with van der Waals surface area (Å²) in [4.78, 5) is 45.3. The number of rotatable bonds is 7. The summed E-state index contributed by atoms with van der Waals surface area (Å²) in [5, 5.41) is 3.63. The van der Waals surface area contributed by atoms with Gasteiger partial charge in [0.15, 0.2) is 0 Å². The van der Waals surface area contributed by atoms with Crippen LogP contribution in [0.25, 0.3) is 0 Å². The van der Waals surface area contributed by atoms with Gasteiger partial charge in [-0.2, -0.15) is 0 Å². The van der Waals surface area contributed by atoms with Gasteiger partial charge in [-0.3, -0.25) is 14.6 Å². The first-order valence-corrected chi connectivity index (χ1v) is 14.3. The Balaban J connectivity index is 1.60. The Kier molecular flexibility index (Phi) is 9.21. The number of amides is 3. The Labute approximate surface area is 241 Å². The molecule has 1 unspecified atom stereocenters. The van der Waals surface area contributed by atoms with Crippen LogP contribution >= 0.6 is 11.6 Å². The summed E-state index contributed by atoms with van der Waals surface area (Å²) in [5.74, 6) is -0.467. The van der Waals surface area contributed by atoms with Crippen molar-refractivity contribution in [3.05, 3.63) is 81.5 Å². The van der Waals surface area contributed by atoms with Gasteiger partial charge in [-0.15, -0.1) is 0 Å². The summed E-state index contributed by atoms with van der Waals surface area (Å²) in [5.41, 5.74) is 3.68. The van der Waals surface area contributed by atoms with Crippen molar-refractivity contribution in [3.63, 3.8) is 0 Å². The Morgan fingerprint density at radius 1 is 0.975 bits per heavy atom. The highest BCUT2D eigenvalue weighted by molar-refractivity contribution is 6.30. The van der Waals surface area contributed by atoms with Crippen LogP contribution in [0.5, 0.6) is 0 Å². The Hall–Kier alpha value is -3.36. The van der Waals surface area contributed by atoms with Crippen LogP contribution < -0.4 is 5.32 Å². The quantitative estimate of drug-likeness (QED) is 0.477. The lowest BCUT2D eigenvalue weighted by Gasteiger charge is -2.40. The van der Waals surface area contributed by atoms with Crippen LogP contribution in [0.2, 0.25) is 5.02 Å². The number of ether oxygens (including phenoxy) is 1. The van der Waals surface area contributed by atoms with E-state index in [2.05, 4.69) is 31.0 Å². The van der Waals surface area contributed by atoms with Crippen LogP contribution in [0, 0.1) is 0 Å². The average molecular weight is 567 g/mol. The number of hydrogen-bond acceptors (Lipinski definition) is 5. The SMILES string of the molecule is CCOC(=O)C1=C(CN2CCN(C(=O)c3ccc(Cl)cc3)CC2)N(CC)C(=O)NC1c1ccc(C(C)(C)C)cc1. The topological polar surface area (TPSA) is 82.2 Å². The van der Waals surface area contributed by atoms with Crippen LogP contribution in [0.4, 0.5) is 4.79 Å². The summed E-state index contributed by atoms with van der Waals surface area (Å²) in [6.45, 7) is 13.5. The monoisotopic (exact) mass is 566 g/mol. The van der Waals surface area contributed by atoms with E-state index in [1.165, 1.54) is 5.56 Å². The maximum atomic E-state index is 13.4. The van der Waals surface area contributed by atoms with Gasteiger partial charge in [0.25, 0.3) is 5.91 Å². The number of carbonyl (C=O) groups is 3. The molecule has 0 radical (unpaired) electrons.